The van der Waals surface area contributed by atoms with Crippen LogP contribution in [-0.2, 0) is 0 Å². The van der Waals surface area contributed by atoms with E-state index in [0.29, 0.717) is 0 Å². The molecule has 2 atom stereocenters. The number of Topliss-reactive ketones (excluding diaryl/α,β-unsaturated/α-hetero) is 2. The summed E-state index contributed by atoms with van der Waals surface area (Å²) in [7, 11) is 3.24. The first kappa shape index (κ1) is 24.0. The highest BCUT2D eigenvalue weighted by Crippen LogP contribution is 2.18. The van der Waals surface area contributed by atoms with E-state index in [1.807, 2.05) is 62.4 Å². The number of benzene rings is 2. The van der Waals surface area contributed by atoms with E-state index in [-0.39, 0.29) is 23.4 Å². The summed E-state index contributed by atoms with van der Waals surface area (Å²) in [6.45, 7) is 9.11. The van der Waals surface area contributed by atoms with Gasteiger partial charge in [0, 0.05) is 62.2 Å². The minimum atomic E-state index is -0.0643. The third-order valence-electron chi connectivity index (χ3n) is 6.17. The van der Waals surface area contributed by atoms with Gasteiger partial charge in [-0.2, -0.15) is 0 Å². The van der Waals surface area contributed by atoms with Crippen LogP contribution in [0, 0.1) is 11.8 Å². The number of hydrogen-bond acceptors (Lipinski definition) is 6. The Bertz CT molecular complexity index is 812. The van der Waals surface area contributed by atoms with Crippen molar-refractivity contribution in [1.29, 1.82) is 0 Å². The normalized spacial score (nSPS) is 16.9. The van der Waals surface area contributed by atoms with Gasteiger partial charge in [0.15, 0.2) is 11.6 Å². The molecule has 0 amide bonds. The van der Waals surface area contributed by atoms with Gasteiger partial charge in [-0.25, -0.2) is 0 Å². The first-order valence-electron chi connectivity index (χ1n) is 11.2. The van der Waals surface area contributed by atoms with Crippen LogP contribution in [0.5, 0.6) is 11.5 Å². The molecule has 2 aromatic carbocycles. The third-order valence-corrected chi connectivity index (χ3v) is 6.17. The van der Waals surface area contributed by atoms with Crippen LogP contribution in [0.25, 0.3) is 0 Å². The summed E-state index contributed by atoms with van der Waals surface area (Å²) >= 11 is 0. The molecule has 2 unspecified atom stereocenters. The fourth-order valence-corrected chi connectivity index (χ4v) is 4.17. The molecular formula is C26H34N2O4. The fraction of sp³-hybridized carbons (Fsp3) is 0.462. The van der Waals surface area contributed by atoms with E-state index < -0.39 is 0 Å². The van der Waals surface area contributed by atoms with Crippen LogP contribution in [0.1, 0.15) is 34.6 Å². The van der Waals surface area contributed by atoms with Crippen molar-refractivity contribution in [2.75, 3.05) is 53.5 Å². The number of carbonyl (C=O) groups excluding carboxylic acids is 2. The Balaban J connectivity index is 1.44. The fourth-order valence-electron chi connectivity index (χ4n) is 4.17. The monoisotopic (exact) mass is 438 g/mol. The largest absolute Gasteiger partial charge is 0.497 e. The molecule has 0 radical (unpaired) electrons. The van der Waals surface area contributed by atoms with Gasteiger partial charge in [0.25, 0.3) is 0 Å². The van der Waals surface area contributed by atoms with Gasteiger partial charge in [0.1, 0.15) is 11.5 Å². The topological polar surface area (TPSA) is 59.1 Å². The average molecular weight is 439 g/mol. The van der Waals surface area contributed by atoms with Crippen molar-refractivity contribution in [3.05, 3.63) is 59.7 Å². The smallest absolute Gasteiger partial charge is 0.166 e. The van der Waals surface area contributed by atoms with Crippen molar-refractivity contribution >= 4 is 11.6 Å². The van der Waals surface area contributed by atoms with Crippen molar-refractivity contribution in [3.63, 3.8) is 0 Å². The van der Waals surface area contributed by atoms with Crippen molar-refractivity contribution in [2.45, 2.75) is 13.8 Å². The number of hydrogen-bond donors (Lipinski definition) is 0. The molecule has 0 saturated carbocycles. The Kier molecular flexibility index (Phi) is 8.42. The highest BCUT2D eigenvalue weighted by atomic mass is 16.5. The molecule has 0 aromatic heterocycles. The lowest BCUT2D eigenvalue weighted by atomic mass is 9.97. The summed E-state index contributed by atoms with van der Waals surface area (Å²) in [6, 6.07) is 14.6. The molecule has 1 saturated heterocycles. The molecule has 0 bridgehead atoms. The maximum atomic E-state index is 12.8. The van der Waals surface area contributed by atoms with Crippen LogP contribution in [0.3, 0.4) is 0 Å². The number of carbonyl (C=O) groups is 2. The minimum Gasteiger partial charge on any atom is -0.497 e. The molecule has 1 fully saturated rings. The maximum absolute atomic E-state index is 12.8. The first-order valence-corrected chi connectivity index (χ1v) is 11.2. The summed E-state index contributed by atoms with van der Waals surface area (Å²) in [5.74, 6) is 1.70. The number of ether oxygens (including phenoxy) is 2. The highest BCUT2D eigenvalue weighted by Gasteiger charge is 2.25. The second-order valence-corrected chi connectivity index (χ2v) is 8.59. The molecule has 6 heteroatoms. The van der Waals surface area contributed by atoms with Crippen molar-refractivity contribution in [3.8, 4) is 11.5 Å². The van der Waals surface area contributed by atoms with E-state index in [0.717, 1.165) is 61.9 Å². The van der Waals surface area contributed by atoms with Gasteiger partial charge in [0.2, 0.25) is 0 Å². The number of ketones is 2. The molecular weight excluding hydrogens is 404 g/mol. The summed E-state index contributed by atoms with van der Waals surface area (Å²) in [5, 5.41) is 0. The summed E-state index contributed by atoms with van der Waals surface area (Å²) in [4.78, 5) is 30.2. The Morgan fingerprint density at radius 1 is 0.688 bits per heavy atom. The molecule has 1 aliphatic heterocycles. The van der Waals surface area contributed by atoms with Gasteiger partial charge in [-0.05, 0) is 48.5 Å². The zero-order chi connectivity index (χ0) is 23.1. The lowest BCUT2D eigenvalue weighted by Gasteiger charge is -2.36. The summed E-state index contributed by atoms with van der Waals surface area (Å²) in [5.41, 5.74) is 1.45. The van der Waals surface area contributed by atoms with Crippen LogP contribution < -0.4 is 9.47 Å². The van der Waals surface area contributed by atoms with E-state index in [1.54, 1.807) is 14.2 Å². The molecule has 0 spiro atoms. The SMILES string of the molecule is COc1ccc(C(=O)C(C)CN2CCN(CC(C)C(=O)c3ccc(OC)cc3)CC2)cc1. The van der Waals surface area contributed by atoms with E-state index in [1.165, 1.54) is 0 Å². The predicted octanol–water partition coefficient (Wildman–Crippen LogP) is 3.66. The second-order valence-electron chi connectivity index (χ2n) is 8.59. The van der Waals surface area contributed by atoms with E-state index in [4.69, 9.17) is 9.47 Å². The first-order chi connectivity index (χ1) is 15.4. The number of piperazine rings is 1. The highest BCUT2D eigenvalue weighted by molar-refractivity contribution is 5.98. The van der Waals surface area contributed by atoms with Crippen molar-refractivity contribution < 1.29 is 19.1 Å². The number of rotatable bonds is 10. The molecule has 32 heavy (non-hydrogen) atoms. The van der Waals surface area contributed by atoms with E-state index >= 15 is 0 Å². The van der Waals surface area contributed by atoms with Crippen LogP contribution in [0.2, 0.25) is 0 Å². The molecule has 172 valence electrons. The van der Waals surface area contributed by atoms with E-state index in [2.05, 4.69) is 9.80 Å². The van der Waals surface area contributed by atoms with Crippen LogP contribution >= 0.6 is 0 Å². The Labute approximate surface area is 191 Å². The van der Waals surface area contributed by atoms with Gasteiger partial charge in [-0.3, -0.25) is 9.59 Å². The van der Waals surface area contributed by atoms with Gasteiger partial charge < -0.3 is 19.3 Å². The van der Waals surface area contributed by atoms with Gasteiger partial charge in [-0.15, -0.1) is 0 Å². The summed E-state index contributed by atoms with van der Waals surface area (Å²) in [6.07, 6.45) is 0. The number of nitrogens with zero attached hydrogens (tertiary/aromatic N) is 2. The molecule has 6 nitrogen and oxygen atoms in total. The molecule has 0 N–H and O–H groups in total. The predicted molar refractivity (Wildman–Crippen MR) is 126 cm³/mol. The molecule has 2 aromatic rings. The lowest BCUT2D eigenvalue weighted by molar-refractivity contribution is 0.0761. The average Bonchev–Trinajstić information content (AvgIpc) is 2.84. The van der Waals surface area contributed by atoms with Crippen LogP contribution in [0.4, 0.5) is 0 Å². The molecule has 0 aliphatic carbocycles. The molecule has 3 rings (SSSR count). The lowest BCUT2D eigenvalue weighted by Crippen LogP contribution is -2.49. The van der Waals surface area contributed by atoms with Gasteiger partial charge in [0.05, 0.1) is 14.2 Å². The summed E-state index contributed by atoms with van der Waals surface area (Å²) < 4.78 is 10.3. The van der Waals surface area contributed by atoms with Crippen molar-refractivity contribution in [2.24, 2.45) is 11.8 Å². The van der Waals surface area contributed by atoms with Crippen LogP contribution in [-0.4, -0.2) is 74.9 Å². The Morgan fingerprint density at radius 2 is 1.00 bits per heavy atom. The minimum absolute atomic E-state index is 0.0643. The van der Waals surface area contributed by atoms with Crippen LogP contribution in [0.15, 0.2) is 48.5 Å². The Hall–Kier alpha value is -2.70. The number of methoxy groups -OCH3 is 2. The quantitative estimate of drug-likeness (QED) is 0.528. The zero-order valence-electron chi connectivity index (χ0n) is 19.5. The van der Waals surface area contributed by atoms with Crippen molar-refractivity contribution in [1.82, 2.24) is 9.80 Å². The molecule has 1 aliphatic rings. The van der Waals surface area contributed by atoms with E-state index in [9.17, 15) is 9.59 Å². The zero-order valence-corrected chi connectivity index (χ0v) is 19.5. The maximum Gasteiger partial charge on any atom is 0.166 e. The molecule has 1 heterocycles. The standard InChI is InChI=1S/C26H34N2O4/c1-19(25(29)21-5-9-23(31-3)10-6-21)17-27-13-15-28(16-14-27)18-20(2)26(30)22-7-11-24(32-4)12-8-22/h5-12,19-20H,13-18H2,1-4H3. The third kappa shape index (κ3) is 6.17. The van der Waals surface area contributed by atoms with Gasteiger partial charge >= 0.3 is 0 Å². The second kappa shape index (κ2) is 11.2. The Morgan fingerprint density at radius 3 is 1.28 bits per heavy atom. The van der Waals surface area contributed by atoms with Gasteiger partial charge in [-0.1, -0.05) is 13.8 Å².